The second-order valence-corrected chi connectivity index (χ2v) is 7.25. The largest absolute Gasteiger partial charge is 0.465 e. The van der Waals surface area contributed by atoms with Crippen molar-refractivity contribution in [2.75, 3.05) is 14.1 Å². The highest BCUT2D eigenvalue weighted by Crippen LogP contribution is 2.40. The van der Waals surface area contributed by atoms with E-state index in [1.54, 1.807) is 14.1 Å². The molecule has 3 N–H and O–H groups in total. The van der Waals surface area contributed by atoms with Gasteiger partial charge in [0.15, 0.2) is 5.70 Å². The maximum atomic E-state index is 12.4. The van der Waals surface area contributed by atoms with Gasteiger partial charge in [0.25, 0.3) is 5.91 Å². The van der Waals surface area contributed by atoms with E-state index < -0.39 is 23.7 Å². The molecule has 25 heavy (non-hydrogen) atoms. The molecular weight excluding hydrogens is 324 g/mol. The number of imide groups is 1. The summed E-state index contributed by atoms with van der Waals surface area (Å²) in [7, 11) is 3.29. The minimum absolute atomic E-state index is 0.0460. The number of quaternary nitrogens is 1. The lowest BCUT2D eigenvalue weighted by atomic mass is 9.94. The maximum Gasteiger partial charge on any atom is 0.429 e. The molecule has 0 spiro atoms. The zero-order valence-corrected chi connectivity index (χ0v) is 15.5. The van der Waals surface area contributed by atoms with Gasteiger partial charge in [0, 0.05) is 0 Å². The van der Waals surface area contributed by atoms with Crippen LogP contribution in [0, 0.1) is 0 Å². The number of hydrogen-bond acceptors (Lipinski definition) is 4. The summed E-state index contributed by atoms with van der Waals surface area (Å²) in [4.78, 5) is 37.9. The highest BCUT2D eigenvalue weighted by Gasteiger charge is 2.58. The van der Waals surface area contributed by atoms with Crippen molar-refractivity contribution in [1.82, 2.24) is 15.5 Å². The number of nitrogens with zero attached hydrogens (tertiary/aromatic N) is 2. The number of carbonyl (C=O) groups excluding carboxylic acids is 2. The topological polar surface area (TPSA) is 98.7 Å². The maximum absolute atomic E-state index is 12.4. The first kappa shape index (κ1) is 19.2. The number of rotatable bonds is 7. The Kier molecular flexibility index (Phi) is 5.41. The highest BCUT2D eigenvalue weighted by molar-refractivity contribution is 6.06. The van der Waals surface area contributed by atoms with E-state index in [1.807, 2.05) is 6.92 Å². The molecule has 0 fully saturated rings. The average Bonchev–Trinajstić information content (AvgIpc) is 2.89. The Labute approximate surface area is 148 Å². The number of unbranched alkanes of at least 4 members (excludes halogenated alkanes) is 3. The molecule has 1 unspecified atom stereocenters. The fraction of sp³-hybridized carbons (Fsp3) is 0.706. The molecule has 0 aliphatic carbocycles. The smallest absolute Gasteiger partial charge is 0.429 e. The van der Waals surface area contributed by atoms with Gasteiger partial charge in [-0.15, -0.1) is 0 Å². The molecule has 8 heteroatoms. The van der Waals surface area contributed by atoms with E-state index in [4.69, 9.17) is 0 Å². The Morgan fingerprint density at radius 3 is 2.28 bits per heavy atom. The second-order valence-electron chi connectivity index (χ2n) is 7.25. The second kappa shape index (κ2) is 7.03. The Bertz CT molecular complexity index is 614. The Morgan fingerprint density at radius 2 is 1.72 bits per heavy atom. The van der Waals surface area contributed by atoms with Crippen molar-refractivity contribution >= 4 is 18.0 Å². The van der Waals surface area contributed by atoms with E-state index >= 15 is 0 Å². The standard InChI is InChI=1S/C17H28N4O4/c1-5-7-9-11-17(10-8-6-2)19-13-12(20(17)16(24)25)14(22)18-15(23)21(13,3)4/h5-11H2,1-4H3,(H2-,18,19,22,23,24,25)/p+1. The van der Waals surface area contributed by atoms with E-state index in [9.17, 15) is 19.5 Å². The Hall–Kier alpha value is -2.09. The molecule has 0 bridgehead atoms. The van der Waals surface area contributed by atoms with Gasteiger partial charge in [0.1, 0.15) is 5.66 Å². The zero-order chi connectivity index (χ0) is 18.8. The van der Waals surface area contributed by atoms with Crippen molar-refractivity contribution in [3.05, 3.63) is 11.5 Å². The quantitative estimate of drug-likeness (QED) is 0.482. The summed E-state index contributed by atoms with van der Waals surface area (Å²) in [5.74, 6) is -0.287. The molecule has 2 aliphatic rings. The third-order valence-corrected chi connectivity index (χ3v) is 5.06. The molecule has 0 saturated heterocycles. The molecule has 140 valence electrons. The predicted octanol–water partition coefficient (Wildman–Crippen LogP) is 2.53. The van der Waals surface area contributed by atoms with Crippen LogP contribution in [0.5, 0.6) is 0 Å². The molecule has 2 aliphatic heterocycles. The summed E-state index contributed by atoms with van der Waals surface area (Å²) in [6, 6.07) is -0.471. The molecule has 1 atom stereocenters. The van der Waals surface area contributed by atoms with Gasteiger partial charge in [-0.05, 0) is 25.7 Å². The van der Waals surface area contributed by atoms with E-state index in [0.717, 1.165) is 37.0 Å². The molecule has 0 aromatic heterocycles. The molecular formula is C17H29N4O4+. The first-order valence-corrected chi connectivity index (χ1v) is 8.97. The summed E-state index contributed by atoms with van der Waals surface area (Å²) in [6.07, 6.45) is 4.61. The fourth-order valence-corrected chi connectivity index (χ4v) is 3.56. The summed E-state index contributed by atoms with van der Waals surface area (Å²) >= 11 is 0. The van der Waals surface area contributed by atoms with Crippen molar-refractivity contribution in [1.29, 1.82) is 0 Å². The van der Waals surface area contributed by atoms with Gasteiger partial charge in [-0.3, -0.25) is 4.79 Å². The van der Waals surface area contributed by atoms with Crippen molar-refractivity contribution < 1.29 is 24.0 Å². The first-order chi connectivity index (χ1) is 11.7. The third-order valence-electron chi connectivity index (χ3n) is 5.06. The molecule has 0 radical (unpaired) electrons. The van der Waals surface area contributed by atoms with Crippen LogP contribution in [0.1, 0.15) is 58.8 Å². The number of nitrogens with one attached hydrogen (secondary N) is 2. The SMILES string of the molecule is CCCCCC1(CCCC)NC2=C(C(=O)NC(=O)[N+]2(C)C)N1C(=O)O. The van der Waals surface area contributed by atoms with Gasteiger partial charge < -0.3 is 10.4 Å². The average molecular weight is 353 g/mol. The lowest BCUT2D eigenvalue weighted by Crippen LogP contribution is -2.59. The van der Waals surface area contributed by atoms with Gasteiger partial charge in [-0.2, -0.15) is 4.48 Å². The van der Waals surface area contributed by atoms with Crippen molar-refractivity contribution in [2.24, 2.45) is 0 Å². The molecule has 0 aromatic rings. The van der Waals surface area contributed by atoms with Crippen LogP contribution in [0.15, 0.2) is 11.5 Å². The van der Waals surface area contributed by atoms with E-state index in [0.29, 0.717) is 18.7 Å². The van der Waals surface area contributed by atoms with E-state index in [2.05, 4.69) is 17.6 Å². The number of urea groups is 1. The van der Waals surface area contributed by atoms with Crippen molar-refractivity contribution in [3.8, 4) is 0 Å². The third kappa shape index (κ3) is 3.22. The van der Waals surface area contributed by atoms with Crippen LogP contribution in [0.2, 0.25) is 0 Å². The predicted molar refractivity (Wildman–Crippen MR) is 92.1 cm³/mol. The monoisotopic (exact) mass is 353 g/mol. The van der Waals surface area contributed by atoms with Gasteiger partial charge in [0.2, 0.25) is 5.82 Å². The van der Waals surface area contributed by atoms with Crippen LogP contribution < -0.4 is 10.6 Å². The van der Waals surface area contributed by atoms with E-state index in [1.165, 1.54) is 0 Å². The van der Waals surface area contributed by atoms with Crippen molar-refractivity contribution in [3.63, 3.8) is 0 Å². The number of carboxylic acid groups (broad SMARTS) is 1. The fourth-order valence-electron chi connectivity index (χ4n) is 3.56. The molecule has 2 heterocycles. The molecule has 2 rings (SSSR count). The van der Waals surface area contributed by atoms with Gasteiger partial charge >= 0.3 is 12.1 Å². The summed E-state index contributed by atoms with van der Waals surface area (Å²) in [6.45, 7) is 4.13. The summed E-state index contributed by atoms with van der Waals surface area (Å²) in [5, 5.41) is 15.5. The molecule has 4 amide bonds. The Balaban J connectivity index is 2.50. The van der Waals surface area contributed by atoms with E-state index in [-0.39, 0.29) is 10.2 Å². The summed E-state index contributed by atoms with van der Waals surface area (Å²) < 4.78 is -0.230. The first-order valence-electron chi connectivity index (χ1n) is 8.97. The van der Waals surface area contributed by atoms with Crippen molar-refractivity contribution in [2.45, 2.75) is 64.5 Å². The highest BCUT2D eigenvalue weighted by atomic mass is 16.4. The van der Waals surface area contributed by atoms with Crippen LogP contribution >= 0.6 is 0 Å². The normalized spacial score (nSPS) is 24.9. The minimum Gasteiger partial charge on any atom is -0.465 e. The lowest BCUT2D eigenvalue weighted by Gasteiger charge is -2.37. The minimum atomic E-state index is -1.17. The lowest BCUT2D eigenvalue weighted by molar-refractivity contribution is -0.773. The number of carbonyl (C=O) groups is 3. The van der Waals surface area contributed by atoms with Crippen LogP contribution in [0.25, 0.3) is 0 Å². The Morgan fingerprint density at radius 1 is 1.12 bits per heavy atom. The van der Waals surface area contributed by atoms with Crippen LogP contribution in [0.4, 0.5) is 9.59 Å². The zero-order valence-electron chi connectivity index (χ0n) is 15.5. The molecule has 0 saturated carbocycles. The van der Waals surface area contributed by atoms with Gasteiger partial charge in [-0.25, -0.2) is 19.8 Å². The number of amides is 4. The van der Waals surface area contributed by atoms with Gasteiger partial charge in [-0.1, -0.05) is 33.1 Å². The van der Waals surface area contributed by atoms with Gasteiger partial charge in [0.05, 0.1) is 14.1 Å². The number of hydrogen-bond donors (Lipinski definition) is 3. The van der Waals surface area contributed by atoms with Crippen LogP contribution in [0.3, 0.4) is 0 Å². The van der Waals surface area contributed by atoms with Crippen LogP contribution in [-0.4, -0.2) is 52.3 Å². The van der Waals surface area contributed by atoms with Crippen LogP contribution in [-0.2, 0) is 4.79 Å². The summed E-state index contributed by atoms with van der Waals surface area (Å²) in [5.41, 5.74) is -0.830. The molecule has 8 nitrogen and oxygen atoms in total. The molecule has 0 aromatic carbocycles.